The molecule has 0 amide bonds. The molecule has 94 valence electrons. The number of aliphatic imine (C=N–C) groups is 1. The average Bonchev–Trinajstić information content (AvgIpc) is 2.95. The first kappa shape index (κ1) is 12.3. The second-order valence-corrected chi connectivity index (χ2v) is 7.09. The van der Waals surface area contributed by atoms with Gasteiger partial charge >= 0.3 is 0 Å². The second kappa shape index (κ2) is 5.07. The molecule has 4 nitrogen and oxygen atoms in total. The fraction of sp³-hybridized carbons (Fsp3) is 0.364. The lowest BCUT2D eigenvalue weighted by Crippen LogP contribution is -2.12. The van der Waals surface area contributed by atoms with E-state index in [1.165, 1.54) is 11.3 Å². The van der Waals surface area contributed by atoms with E-state index in [-0.39, 0.29) is 5.56 Å². The maximum atomic E-state index is 11.8. The molecule has 1 aliphatic rings. The van der Waals surface area contributed by atoms with Crippen LogP contribution in [0.3, 0.4) is 0 Å². The molecule has 0 aromatic carbocycles. The Kier molecular flexibility index (Phi) is 3.45. The minimum Gasteiger partial charge on any atom is -0.269 e. The molecule has 1 aliphatic heterocycles. The molecule has 0 radical (unpaired) electrons. The van der Waals surface area contributed by atoms with E-state index >= 15 is 0 Å². The van der Waals surface area contributed by atoms with Crippen molar-refractivity contribution >= 4 is 44.2 Å². The summed E-state index contributed by atoms with van der Waals surface area (Å²) in [4.78, 5) is 21.5. The van der Waals surface area contributed by atoms with Crippen LogP contribution in [0, 0.1) is 0 Å². The molecular formula is C11H11N3OS3. The maximum Gasteiger partial charge on any atom is 0.258 e. The van der Waals surface area contributed by atoms with Crippen LogP contribution in [0.15, 0.2) is 27.4 Å². The standard InChI is InChI=1S/C11H11N3OS3/c1-7-5-17-11(12-7)18-6-8-4-9(15)14-2-3-16-10(14)13-8/h2-4,7H,5-6H2,1H3/t7-/m0/s1. The highest BCUT2D eigenvalue weighted by molar-refractivity contribution is 8.38. The Balaban J connectivity index is 1.78. The van der Waals surface area contributed by atoms with Crippen LogP contribution in [0.1, 0.15) is 12.6 Å². The van der Waals surface area contributed by atoms with E-state index in [0.29, 0.717) is 11.8 Å². The van der Waals surface area contributed by atoms with Crippen LogP contribution in [0.5, 0.6) is 0 Å². The second-order valence-electron chi connectivity index (χ2n) is 3.99. The summed E-state index contributed by atoms with van der Waals surface area (Å²) in [5.41, 5.74) is 0.821. The van der Waals surface area contributed by atoms with Gasteiger partial charge in [0.15, 0.2) is 4.96 Å². The van der Waals surface area contributed by atoms with Crippen LogP contribution in [-0.4, -0.2) is 25.6 Å². The van der Waals surface area contributed by atoms with Crippen molar-refractivity contribution in [1.29, 1.82) is 0 Å². The summed E-state index contributed by atoms with van der Waals surface area (Å²) in [5, 5.41) is 1.87. The lowest BCUT2D eigenvalue weighted by molar-refractivity contribution is 0.867. The zero-order valence-electron chi connectivity index (χ0n) is 9.70. The molecule has 0 saturated carbocycles. The van der Waals surface area contributed by atoms with Gasteiger partial charge in [-0.25, -0.2) is 4.98 Å². The summed E-state index contributed by atoms with van der Waals surface area (Å²) >= 11 is 4.93. The Labute approximate surface area is 117 Å². The Morgan fingerprint density at radius 3 is 3.28 bits per heavy atom. The number of hydrogen-bond acceptors (Lipinski definition) is 6. The first-order valence-electron chi connectivity index (χ1n) is 5.51. The zero-order chi connectivity index (χ0) is 12.5. The van der Waals surface area contributed by atoms with E-state index in [4.69, 9.17) is 0 Å². The van der Waals surface area contributed by atoms with Crippen LogP contribution in [0.4, 0.5) is 0 Å². The molecule has 0 spiro atoms. The van der Waals surface area contributed by atoms with Gasteiger partial charge in [0.25, 0.3) is 5.56 Å². The van der Waals surface area contributed by atoms with Gasteiger partial charge in [-0.05, 0) is 6.92 Å². The number of thiazole rings is 1. The van der Waals surface area contributed by atoms with Crippen molar-refractivity contribution in [2.75, 3.05) is 5.75 Å². The first-order valence-corrected chi connectivity index (χ1v) is 8.36. The lowest BCUT2D eigenvalue weighted by atomic mass is 10.4. The molecule has 18 heavy (non-hydrogen) atoms. The van der Waals surface area contributed by atoms with Gasteiger partial charge in [-0.3, -0.25) is 14.2 Å². The number of thioether (sulfide) groups is 2. The van der Waals surface area contributed by atoms with Crippen molar-refractivity contribution < 1.29 is 0 Å². The summed E-state index contributed by atoms with van der Waals surface area (Å²) in [5.74, 6) is 1.77. The van der Waals surface area contributed by atoms with Crippen LogP contribution in [-0.2, 0) is 5.75 Å². The minimum atomic E-state index is -0.00812. The highest BCUT2D eigenvalue weighted by Crippen LogP contribution is 2.27. The van der Waals surface area contributed by atoms with E-state index < -0.39 is 0 Å². The summed E-state index contributed by atoms with van der Waals surface area (Å²) in [6.07, 6.45) is 1.75. The predicted molar refractivity (Wildman–Crippen MR) is 80.0 cm³/mol. The quantitative estimate of drug-likeness (QED) is 0.854. The smallest absolute Gasteiger partial charge is 0.258 e. The number of fused-ring (bicyclic) bond motifs is 1. The van der Waals surface area contributed by atoms with E-state index in [1.54, 1.807) is 40.2 Å². The molecule has 0 aliphatic carbocycles. The number of rotatable bonds is 2. The van der Waals surface area contributed by atoms with Gasteiger partial charge < -0.3 is 0 Å². The highest BCUT2D eigenvalue weighted by Gasteiger charge is 2.14. The molecule has 1 atom stereocenters. The molecule has 0 bridgehead atoms. The summed E-state index contributed by atoms with van der Waals surface area (Å²) in [7, 11) is 0. The highest BCUT2D eigenvalue weighted by atomic mass is 32.2. The van der Waals surface area contributed by atoms with Crippen LogP contribution in [0.2, 0.25) is 0 Å². The summed E-state index contributed by atoms with van der Waals surface area (Å²) in [6, 6.07) is 2.02. The van der Waals surface area contributed by atoms with Gasteiger partial charge in [0, 0.05) is 29.1 Å². The lowest BCUT2D eigenvalue weighted by Gasteiger charge is -2.00. The molecular weight excluding hydrogens is 286 g/mol. The van der Waals surface area contributed by atoms with Crippen LogP contribution >= 0.6 is 34.9 Å². The van der Waals surface area contributed by atoms with Crippen molar-refractivity contribution in [1.82, 2.24) is 9.38 Å². The normalized spacial score (nSPS) is 19.4. The maximum absolute atomic E-state index is 11.8. The van der Waals surface area contributed by atoms with Gasteiger partial charge in [0.05, 0.1) is 11.7 Å². The third-order valence-electron chi connectivity index (χ3n) is 2.47. The van der Waals surface area contributed by atoms with Gasteiger partial charge in [-0.1, -0.05) is 23.5 Å². The molecule has 0 N–H and O–H groups in total. The van der Waals surface area contributed by atoms with Gasteiger partial charge in [-0.15, -0.1) is 11.3 Å². The molecule has 3 rings (SSSR count). The largest absolute Gasteiger partial charge is 0.269 e. The molecule has 7 heteroatoms. The van der Waals surface area contributed by atoms with Gasteiger partial charge in [-0.2, -0.15) is 0 Å². The van der Waals surface area contributed by atoms with E-state index in [9.17, 15) is 4.79 Å². The Morgan fingerprint density at radius 2 is 2.50 bits per heavy atom. The van der Waals surface area contributed by atoms with Gasteiger partial charge in [0.1, 0.15) is 4.38 Å². The fourth-order valence-electron chi connectivity index (χ4n) is 1.62. The fourth-order valence-corrected chi connectivity index (χ4v) is 4.46. The van der Waals surface area contributed by atoms with Crippen molar-refractivity contribution in [3.05, 3.63) is 33.7 Å². The summed E-state index contributed by atoms with van der Waals surface area (Å²) in [6.45, 7) is 2.11. The van der Waals surface area contributed by atoms with E-state index in [1.807, 2.05) is 5.38 Å². The van der Waals surface area contributed by atoms with Crippen molar-refractivity contribution in [2.24, 2.45) is 4.99 Å². The molecule has 3 heterocycles. The van der Waals surface area contributed by atoms with Crippen LogP contribution in [0.25, 0.3) is 4.96 Å². The third kappa shape index (κ3) is 2.48. The SMILES string of the molecule is C[C@H]1CSC(SCc2cc(=O)n3ccsc3n2)=N1. The predicted octanol–water partition coefficient (Wildman–Crippen LogP) is 2.48. The van der Waals surface area contributed by atoms with Gasteiger partial charge in [0.2, 0.25) is 0 Å². The first-order chi connectivity index (χ1) is 8.72. The number of nitrogens with zero attached hydrogens (tertiary/aromatic N) is 3. The molecule has 0 unspecified atom stereocenters. The Morgan fingerprint density at radius 1 is 1.61 bits per heavy atom. The van der Waals surface area contributed by atoms with E-state index in [0.717, 1.165) is 20.8 Å². The molecule has 2 aromatic heterocycles. The Bertz CT molecular complexity index is 661. The molecule has 0 saturated heterocycles. The molecule has 2 aromatic rings. The third-order valence-corrected chi connectivity index (χ3v) is 5.73. The monoisotopic (exact) mass is 297 g/mol. The van der Waals surface area contributed by atoms with Crippen molar-refractivity contribution in [3.8, 4) is 0 Å². The van der Waals surface area contributed by atoms with Crippen LogP contribution < -0.4 is 5.56 Å². The topological polar surface area (TPSA) is 46.7 Å². The van der Waals surface area contributed by atoms with E-state index in [2.05, 4.69) is 16.9 Å². The van der Waals surface area contributed by atoms with Crippen molar-refractivity contribution in [2.45, 2.75) is 18.7 Å². The molecule has 0 fully saturated rings. The Hall–Kier alpha value is -0.790. The van der Waals surface area contributed by atoms with Crippen molar-refractivity contribution in [3.63, 3.8) is 0 Å². The zero-order valence-corrected chi connectivity index (χ0v) is 12.1. The minimum absolute atomic E-state index is 0.00812. The number of aromatic nitrogens is 2. The number of hydrogen-bond donors (Lipinski definition) is 0. The summed E-state index contributed by atoms with van der Waals surface area (Å²) < 4.78 is 2.68. The average molecular weight is 297 g/mol.